The number of rotatable bonds is 10. The number of para-hydroxylation sites is 1. The Labute approximate surface area is 232 Å². The lowest BCUT2D eigenvalue weighted by Crippen LogP contribution is -2.54. The van der Waals surface area contributed by atoms with Gasteiger partial charge in [-0.25, -0.2) is 4.79 Å². The summed E-state index contributed by atoms with van der Waals surface area (Å²) in [4.78, 5) is 44.5. The predicted octanol–water partition coefficient (Wildman–Crippen LogP) is 1.56. The molecule has 0 bridgehead atoms. The van der Waals surface area contributed by atoms with Crippen molar-refractivity contribution in [1.82, 2.24) is 31.2 Å². The third kappa shape index (κ3) is 10.3. The number of hydrogen-bond acceptors (Lipinski definition) is 7. The second-order valence-electron chi connectivity index (χ2n) is 10.7. The number of nitrogens with zero attached hydrogens (tertiary/aromatic N) is 1. The van der Waals surface area contributed by atoms with Crippen molar-refractivity contribution in [2.45, 2.75) is 58.0 Å². The number of esters is 1. The lowest BCUT2D eigenvalue weighted by Gasteiger charge is -2.26. The van der Waals surface area contributed by atoms with E-state index in [0.29, 0.717) is 6.42 Å². The highest BCUT2D eigenvalue weighted by Gasteiger charge is 2.29. The van der Waals surface area contributed by atoms with Crippen molar-refractivity contribution in [1.29, 1.82) is 0 Å². The third-order valence-corrected chi connectivity index (χ3v) is 6.99. The van der Waals surface area contributed by atoms with Crippen molar-refractivity contribution in [3.8, 4) is 0 Å². The molecule has 1 fully saturated rings. The van der Waals surface area contributed by atoms with Crippen molar-refractivity contribution in [3.63, 3.8) is 0 Å². The van der Waals surface area contributed by atoms with Crippen LogP contribution in [0.3, 0.4) is 0 Å². The van der Waals surface area contributed by atoms with Crippen LogP contribution in [0.5, 0.6) is 0 Å². The highest BCUT2D eigenvalue weighted by atomic mass is 16.5. The molecule has 1 aliphatic heterocycles. The Balaban J connectivity index is 1.63. The van der Waals surface area contributed by atoms with Crippen molar-refractivity contribution in [2.75, 3.05) is 52.9 Å². The SMILES string of the molecule is COC(=O)[C@H](Cc1c[nH]c2ccccc12)NC(=O)[C@H](CC(C)C)NC(=O)CN1CCCNCCCNCCC1. The first-order valence-electron chi connectivity index (χ1n) is 14.2. The Morgan fingerprint density at radius 1 is 0.949 bits per heavy atom. The molecular formula is C29H46N6O4. The number of aromatic nitrogens is 1. The van der Waals surface area contributed by atoms with E-state index in [0.717, 1.165) is 75.0 Å². The van der Waals surface area contributed by atoms with Gasteiger partial charge < -0.3 is 31.0 Å². The zero-order chi connectivity index (χ0) is 28.0. The molecule has 216 valence electrons. The summed E-state index contributed by atoms with van der Waals surface area (Å²) in [7, 11) is 1.31. The minimum atomic E-state index is -0.872. The number of amides is 2. The Kier molecular flexibility index (Phi) is 12.7. The molecule has 2 atom stereocenters. The molecule has 5 N–H and O–H groups in total. The average Bonchev–Trinajstić information content (AvgIpc) is 3.31. The van der Waals surface area contributed by atoms with Gasteiger partial charge in [0.25, 0.3) is 0 Å². The second kappa shape index (κ2) is 16.2. The molecule has 39 heavy (non-hydrogen) atoms. The van der Waals surface area contributed by atoms with E-state index in [9.17, 15) is 14.4 Å². The molecule has 0 unspecified atom stereocenters. The molecule has 2 aromatic rings. The van der Waals surface area contributed by atoms with Gasteiger partial charge in [0.05, 0.1) is 13.7 Å². The summed E-state index contributed by atoms with van der Waals surface area (Å²) in [5, 5.41) is 13.7. The number of benzene rings is 1. The third-order valence-electron chi connectivity index (χ3n) is 6.99. The van der Waals surface area contributed by atoms with Crippen LogP contribution in [0.25, 0.3) is 10.9 Å². The number of nitrogens with one attached hydrogen (secondary N) is 5. The number of H-pyrrole nitrogens is 1. The summed E-state index contributed by atoms with van der Waals surface area (Å²) in [5.74, 6) is -0.917. The summed E-state index contributed by atoms with van der Waals surface area (Å²) in [6.07, 6.45) is 5.64. The number of methoxy groups -OCH3 is 1. The number of carbonyl (C=O) groups excluding carboxylic acids is 3. The summed E-state index contributed by atoms with van der Waals surface area (Å²) in [6.45, 7) is 9.70. The van der Waals surface area contributed by atoms with Gasteiger partial charge in [0.2, 0.25) is 11.8 Å². The first-order valence-corrected chi connectivity index (χ1v) is 14.2. The second-order valence-corrected chi connectivity index (χ2v) is 10.7. The fourth-order valence-corrected chi connectivity index (χ4v) is 4.99. The van der Waals surface area contributed by atoms with E-state index >= 15 is 0 Å². The average molecular weight is 543 g/mol. The minimum Gasteiger partial charge on any atom is -0.467 e. The molecule has 0 aliphatic carbocycles. The van der Waals surface area contributed by atoms with Gasteiger partial charge in [-0.3, -0.25) is 14.5 Å². The molecule has 10 nitrogen and oxygen atoms in total. The van der Waals surface area contributed by atoms with Gasteiger partial charge in [0, 0.05) is 23.5 Å². The largest absolute Gasteiger partial charge is 0.467 e. The van der Waals surface area contributed by atoms with E-state index in [1.165, 1.54) is 7.11 Å². The first-order chi connectivity index (χ1) is 18.9. The molecule has 1 aromatic carbocycles. The van der Waals surface area contributed by atoms with Crippen LogP contribution in [0.2, 0.25) is 0 Å². The van der Waals surface area contributed by atoms with Crippen LogP contribution in [-0.4, -0.2) is 92.7 Å². The molecule has 3 rings (SSSR count). The molecule has 0 radical (unpaired) electrons. The quantitative estimate of drug-likeness (QED) is 0.288. The number of ether oxygens (including phenoxy) is 1. The number of hydrogen-bond donors (Lipinski definition) is 5. The maximum atomic E-state index is 13.4. The lowest BCUT2D eigenvalue weighted by atomic mass is 10.0. The Morgan fingerprint density at radius 3 is 2.28 bits per heavy atom. The van der Waals surface area contributed by atoms with Crippen LogP contribution in [0.15, 0.2) is 30.5 Å². The van der Waals surface area contributed by atoms with Gasteiger partial charge in [0.15, 0.2) is 0 Å². The van der Waals surface area contributed by atoms with Gasteiger partial charge in [-0.1, -0.05) is 32.0 Å². The lowest BCUT2D eigenvalue weighted by molar-refractivity contribution is -0.145. The van der Waals surface area contributed by atoms with Gasteiger partial charge in [-0.15, -0.1) is 0 Å². The van der Waals surface area contributed by atoms with Gasteiger partial charge in [-0.2, -0.15) is 0 Å². The molecule has 2 amide bonds. The van der Waals surface area contributed by atoms with Crippen LogP contribution in [0.4, 0.5) is 0 Å². The van der Waals surface area contributed by atoms with Crippen molar-refractivity contribution in [2.24, 2.45) is 5.92 Å². The van der Waals surface area contributed by atoms with E-state index in [4.69, 9.17) is 4.74 Å². The highest BCUT2D eigenvalue weighted by Crippen LogP contribution is 2.19. The van der Waals surface area contributed by atoms with E-state index in [1.54, 1.807) is 0 Å². The minimum absolute atomic E-state index is 0.171. The van der Waals surface area contributed by atoms with E-state index < -0.39 is 18.1 Å². The Morgan fingerprint density at radius 2 is 1.62 bits per heavy atom. The highest BCUT2D eigenvalue weighted by molar-refractivity contribution is 5.92. The van der Waals surface area contributed by atoms with E-state index in [2.05, 4.69) is 31.2 Å². The number of aromatic amines is 1. The standard InChI is InChI=1S/C29H46N6O4/c1-21(2)17-25(33-27(36)20-35-15-7-13-30-11-6-12-31-14-8-16-35)28(37)34-26(29(38)39-3)18-22-19-32-24-10-5-4-9-23(22)24/h4-5,9-10,19,21,25-26,30-32H,6-8,11-18,20H2,1-3H3,(H,33,36)(H,34,37)/t25-,26-/m0/s1. The van der Waals surface area contributed by atoms with E-state index in [1.807, 2.05) is 44.3 Å². The van der Waals surface area contributed by atoms with Gasteiger partial charge in [-0.05, 0) is 82.5 Å². The van der Waals surface area contributed by atoms with Crippen LogP contribution in [-0.2, 0) is 25.5 Å². The topological polar surface area (TPSA) is 128 Å². The number of carbonyl (C=O) groups is 3. The summed E-state index contributed by atoms with van der Waals surface area (Å²) in [6, 6.07) is 6.19. The predicted molar refractivity (Wildman–Crippen MR) is 153 cm³/mol. The normalized spacial score (nSPS) is 17.5. The molecule has 0 spiro atoms. The summed E-state index contributed by atoms with van der Waals surface area (Å²) in [5.41, 5.74) is 1.87. The molecule has 1 aromatic heterocycles. The van der Waals surface area contributed by atoms with Crippen molar-refractivity contribution < 1.29 is 19.1 Å². The number of fused-ring (bicyclic) bond motifs is 1. The maximum absolute atomic E-state index is 13.4. The molecule has 10 heteroatoms. The van der Waals surface area contributed by atoms with E-state index in [-0.39, 0.29) is 30.7 Å². The molecule has 1 saturated heterocycles. The van der Waals surface area contributed by atoms with Crippen LogP contribution in [0.1, 0.15) is 45.1 Å². The fourth-order valence-electron chi connectivity index (χ4n) is 4.99. The first kappa shape index (κ1) is 30.6. The van der Waals surface area contributed by atoms with Crippen molar-refractivity contribution >= 4 is 28.7 Å². The van der Waals surface area contributed by atoms with Crippen molar-refractivity contribution in [3.05, 3.63) is 36.0 Å². The van der Waals surface area contributed by atoms with Crippen LogP contribution >= 0.6 is 0 Å². The maximum Gasteiger partial charge on any atom is 0.328 e. The Bertz CT molecular complexity index is 1040. The van der Waals surface area contributed by atoms with Gasteiger partial charge >= 0.3 is 5.97 Å². The summed E-state index contributed by atoms with van der Waals surface area (Å²) < 4.78 is 5.01. The van der Waals surface area contributed by atoms with Crippen LogP contribution < -0.4 is 21.3 Å². The smallest absolute Gasteiger partial charge is 0.328 e. The fraction of sp³-hybridized carbons (Fsp3) is 0.621. The zero-order valence-electron chi connectivity index (χ0n) is 23.7. The molecule has 0 saturated carbocycles. The Hall–Kier alpha value is -2.95. The zero-order valence-corrected chi connectivity index (χ0v) is 23.7. The monoisotopic (exact) mass is 542 g/mol. The van der Waals surface area contributed by atoms with Crippen LogP contribution in [0, 0.1) is 5.92 Å². The van der Waals surface area contributed by atoms with Gasteiger partial charge in [0.1, 0.15) is 12.1 Å². The molecule has 1 aliphatic rings. The summed E-state index contributed by atoms with van der Waals surface area (Å²) >= 11 is 0. The molecular weight excluding hydrogens is 496 g/mol. The molecule has 2 heterocycles.